The molecule has 1 unspecified atom stereocenters. The van der Waals surface area contributed by atoms with Crippen LogP contribution >= 0.6 is 0 Å². The molecule has 0 saturated heterocycles. The fraction of sp³-hybridized carbons (Fsp3) is 0.188. The summed E-state index contributed by atoms with van der Waals surface area (Å²) in [6, 6.07) is 18.0. The van der Waals surface area contributed by atoms with E-state index in [1.54, 1.807) is 0 Å². The van der Waals surface area contributed by atoms with Gasteiger partial charge in [0.25, 0.3) is 0 Å². The van der Waals surface area contributed by atoms with E-state index in [-0.39, 0.29) is 6.61 Å². The van der Waals surface area contributed by atoms with Gasteiger partial charge in [0.15, 0.2) is 0 Å². The molecule has 0 radical (unpaired) electrons. The van der Waals surface area contributed by atoms with Gasteiger partial charge in [0.1, 0.15) is 6.10 Å². The number of carbonyl (C=O) groups is 1. The molecule has 2 aromatic carbocycles. The van der Waals surface area contributed by atoms with Crippen LogP contribution in [-0.4, -0.2) is 23.9 Å². The van der Waals surface area contributed by atoms with E-state index < -0.39 is 12.2 Å². The molecule has 0 aliphatic carbocycles. The molecule has 0 spiro atoms. The smallest absolute Gasteiger partial charge is 0.404 e. The molecule has 0 saturated carbocycles. The Morgan fingerprint density at radius 1 is 1.05 bits per heavy atom. The van der Waals surface area contributed by atoms with Crippen molar-refractivity contribution < 1.29 is 14.6 Å². The van der Waals surface area contributed by atoms with Gasteiger partial charge in [-0.3, -0.25) is 0 Å². The number of hydrogen-bond donors (Lipinski definition) is 2. The summed E-state index contributed by atoms with van der Waals surface area (Å²) in [7, 11) is 0. The van der Waals surface area contributed by atoms with Crippen LogP contribution in [-0.2, 0) is 11.2 Å². The van der Waals surface area contributed by atoms with Crippen LogP contribution < -0.4 is 5.73 Å². The van der Waals surface area contributed by atoms with Gasteiger partial charge in [0.2, 0.25) is 0 Å². The Morgan fingerprint density at radius 2 is 1.65 bits per heavy atom. The standard InChI is InChI=1S/C16H17NO3/c17-16(19)20-15(11-18)10-12-6-8-14(9-7-12)13-4-2-1-3-5-13/h1-9,15,18H,10-11H2,(H2,17,19). The van der Waals surface area contributed by atoms with Crippen LogP contribution in [0.25, 0.3) is 11.1 Å². The van der Waals surface area contributed by atoms with Gasteiger partial charge in [-0.2, -0.15) is 0 Å². The Bertz CT molecular complexity index is 552. The van der Waals surface area contributed by atoms with Crippen molar-refractivity contribution in [1.82, 2.24) is 0 Å². The van der Waals surface area contributed by atoms with Gasteiger partial charge in [-0.1, -0.05) is 54.6 Å². The third kappa shape index (κ3) is 3.83. The van der Waals surface area contributed by atoms with Crippen LogP contribution in [0.15, 0.2) is 54.6 Å². The summed E-state index contributed by atoms with van der Waals surface area (Å²) in [5, 5.41) is 9.14. The van der Waals surface area contributed by atoms with Gasteiger partial charge in [-0.25, -0.2) is 4.79 Å². The molecule has 0 aromatic heterocycles. The number of ether oxygens (including phenoxy) is 1. The fourth-order valence-corrected chi connectivity index (χ4v) is 2.03. The van der Waals surface area contributed by atoms with Crippen molar-refractivity contribution in [2.75, 3.05) is 6.61 Å². The molecule has 0 aliphatic rings. The maximum absolute atomic E-state index is 10.7. The highest BCUT2D eigenvalue weighted by Crippen LogP contribution is 2.19. The highest BCUT2D eigenvalue weighted by Gasteiger charge is 2.12. The van der Waals surface area contributed by atoms with E-state index in [4.69, 9.17) is 15.6 Å². The topological polar surface area (TPSA) is 72.6 Å². The van der Waals surface area contributed by atoms with Crippen LogP contribution in [0.1, 0.15) is 5.56 Å². The highest BCUT2D eigenvalue weighted by atomic mass is 16.6. The van der Waals surface area contributed by atoms with E-state index in [1.165, 1.54) is 0 Å². The summed E-state index contributed by atoms with van der Waals surface area (Å²) in [6.07, 6.45) is -1.03. The Labute approximate surface area is 117 Å². The van der Waals surface area contributed by atoms with Crippen molar-refractivity contribution in [2.45, 2.75) is 12.5 Å². The number of aliphatic hydroxyl groups excluding tert-OH is 1. The Kier molecular flexibility index (Phi) is 4.74. The van der Waals surface area contributed by atoms with Crippen molar-refractivity contribution in [3.05, 3.63) is 60.2 Å². The molecule has 0 heterocycles. The zero-order valence-corrected chi connectivity index (χ0v) is 11.0. The average molecular weight is 271 g/mol. The molecule has 20 heavy (non-hydrogen) atoms. The van der Waals surface area contributed by atoms with Crippen LogP contribution in [0, 0.1) is 0 Å². The van der Waals surface area contributed by atoms with Crippen molar-refractivity contribution in [3.63, 3.8) is 0 Å². The zero-order chi connectivity index (χ0) is 14.4. The average Bonchev–Trinajstić information content (AvgIpc) is 2.48. The lowest BCUT2D eigenvalue weighted by molar-refractivity contribution is 0.0639. The van der Waals surface area contributed by atoms with E-state index in [9.17, 15) is 4.79 Å². The first-order valence-corrected chi connectivity index (χ1v) is 6.40. The SMILES string of the molecule is NC(=O)OC(CO)Cc1ccc(-c2ccccc2)cc1. The van der Waals surface area contributed by atoms with Crippen LogP contribution in [0.2, 0.25) is 0 Å². The van der Waals surface area contributed by atoms with Crippen molar-refractivity contribution >= 4 is 6.09 Å². The highest BCUT2D eigenvalue weighted by molar-refractivity contribution is 5.65. The Balaban J connectivity index is 2.06. The maximum atomic E-state index is 10.7. The third-order valence-corrected chi connectivity index (χ3v) is 3.01. The lowest BCUT2D eigenvalue weighted by atomic mass is 10.0. The van der Waals surface area contributed by atoms with Crippen molar-refractivity contribution in [1.29, 1.82) is 0 Å². The van der Waals surface area contributed by atoms with E-state index in [2.05, 4.69) is 0 Å². The number of aliphatic hydroxyl groups is 1. The number of benzene rings is 2. The summed E-state index contributed by atoms with van der Waals surface area (Å²) in [5.74, 6) is 0. The molecular weight excluding hydrogens is 254 g/mol. The van der Waals surface area contributed by atoms with Crippen LogP contribution in [0.5, 0.6) is 0 Å². The third-order valence-electron chi connectivity index (χ3n) is 3.01. The normalized spacial score (nSPS) is 11.8. The molecule has 4 nitrogen and oxygen atoms in total. The first kappa shape index (κ1) is 14.1. The van der Waals surface area contributed by atoms with E-state index in [0.29, 0.717) is 6.42 Å². The molecule has 2 rings (SSSR count). The number of nitrogens with two attached hydrogens (primary N) is 1. The molecular formula is C16H17NO3. The number of hydrogen-bond acceptors (Lipinski definition) is 3. The molecule has 0 fully saturated rings. The number of carbonyl (C=O) groups excluding carboxylic acids is 1. The van der Waals surface area contributed by atoms with Gasteiger partial charge < -0.3 is 15.6 Å². The molecule has 3 N–H and O–H groups in total. The number of amides is 1. The Morgan fingerprint density at radius 3 is 2.20 bits per heavy atom. The quantitative estimate of drug-likeness (QED) is 0.876. The summed E-state index contributed by atoms with van der Waals surface area (Å²) in [4.78, 5) is 10.7. The molecule has 2 aromatic rings. The van der Waals surface area contributed by atoms with Gasteiger partial charge >= 0.3 is 6.09 Å². The molecule has 1 atom stereocenters. The fourth-order valence-electron chi connectivity index (χ4n) is 2.03. The second-order valence-electron chi connectivity index (χ2n) is 4.51. The molecule has 1 amide bonds. The zero-order valence-electron chi connectivity index (χ0n) is 11.0. The Hall–Kier alpha value is -2.33. The van der Waals surface area contributed by atoms with Gasteiger partial charge in [0, 0.05) is 6.42 Å². The number of primary amides is 1. The van der Waals surface area contributed by atoms with Gasteiger partial charge in [-0.05, 0) is 16.7 Å². The summed E-state index contributed by atoms with van der Waals surface area (Å²) < 4.78 is 4.81. The van der Waals surface area contributed by atoms with Crippen molar-refractivity contribution in [3.8, 4) is 11.1 Å². The first-order valence-electron chi connectivity index (χ1n) is 6.40. The predicted octanol–water partition coefficient (Wildman–Crippen LogP) is 2.35. The predicted molar refractivity (Wildman–Crippen MR) is 77.1 cm³/mol. The summed E-state index contributed by atoms with van der Waals surface area (Å²) in [5.41, 5.74) is 8.19. The lowest BCUT2D eigenvalue weighted by Gasteiger charge is -2.14. The van der Waals surface area contributed by atoms with E-state index >= 15 is 0 Å². The molecule has 0 aliphatic heterocycles. The van der Waals surface area contributed by atoms with Gasteiger partial charge in [0.05, 0.1) is 6.61 Å². The second-order valence-corrected chi connectivity index (χ2v) is 4.51. The minimum Gasteiger partial charge on any atom is -0.444 e. The molecule has 4 heteroatoms. The van der Waals surface area contributed by atoms with E-state index in [1.807, 2.05) is 54.6 Å². The van der Waals surface area contributed by atoms with E-state index in [0.717, 1.165) is 16.7 Å². The minimum absolute atomic E-state index is 0.247. The monoisotopic (exact) mass is 271 g/mol. The first-order chi connectivity index (χ1) is 9.69. The van der Waals surface area contributed by atoms with Gasteiger partial charge in [-0.15, -0.1) is 0 Å². The maximum Gasteiger partial charge on any atom is 0.404 e. The lowest BCUT2D eigenvalue weighted by Crippen LogP contribution is -2.27. The molecule has 104 valence electrons. The summed E-state index contributed by atoms with van der Waals surface area (Å²) >= 11 is 0. The minimum atomic E-state index is -0.870. The molecule has 0 bridgehead atoms. The second kappa shape index (κ2) is 6.73. The van der Waals surface area contributed by atoms with Crippen LogP contribution in [0.4, 0.5) is 4.79 Å². The van der Waals surface area contributed by atoms with Crippen molar-refractivity contribution in [2.24, 2.45) is 5.73 Å². The summed E-state index contributed by atoms with van der Waals surface area (Å²) in [6.45, 7) is -0.247. The van der Waals surface area contributed by atoms with Crippen LogP contribution in [0.3, 0.4) is 0 Å². The number of rotatable bonds is 5. The largest absolute Gasteiger partial charge is 0.444 e.